The fourth-order valence-corrected chi connectivity index (χ4v) is 4.23. The van der Waals surface area contributed by atoms with E-state index >= 15 is 0 Å². The van der Waals surface area contributed by atoms with Gasteiger partial charge in [0.2, 0.25) is 5.91 Å². The standard InChI is InChI=1S/C21H25N3O2/c25-20-8-4-5-11-22(20)16-21(26)24-14-18-9-10-19(15-24)23(13-18)12-17-6-2-1-3-7-17/h1-8,11,18-19H,9-10,12-16H2/t18-,19-/m0/s1. The Morgan fingerprint density at radius 1 is 0.962 bits per heavy atom. The minimum Gasteiger partial charge on any atom is -0.339 e. The number of carbonyl (C=O) groups excluding carboxylic acids is 1. The van der Waals surface area contributed by atoms with Crippen molar-refractivity contribution < 1.29 is 4.79 Å². The maximum Gasteiger partial charge on any atom is 0.250 e. The van der Waals surface area contributed by atoms with E-state index in [-0.39, 0.29) is 18.0 Å². The Morgan fingerprint density at radius 3 is 2.58 bits per heavy atom. The number of benzene rings is 1. The number of amides is 1. The van der Waals surface area contributed by atoms with Crippen LogP contribution in [-0.2, 0) is 17.9 Å². The van der Waals surface area contributed by atoms with E-state index < -0.39 is 0 Å². The molecule has 1 aromatic carbocycles. The number of piperidine rings is 1. The third kappa shape index (κ3) is 3.73. The summed E-state index contributed by atoms with van der Waals surface area (Å²) in [5.41, 5.74) is 1.21. The Balaban J connectivity index is 1.45. The molecule has 3 saturated heterocycles. The molecule has 1 aromatic heterocycles. The molecule has 0 unspecified atom stereocenters. The van der Waals surface area contributed by atoms with Gasteiger partial charge in [0.1, 0.15) is 6.54 Å². The van der Waals surface area contributed by atoms with E-state index in [1.807, 2.05) is 11.0 Å². The summed E-state index contributed by atoms with van der Waals surface area (Å²) < 4.78 is 1.50. The Bertz CT molecular complexity index is 817. The molecule has 5 rings (SSSR count). The Kier molecular flexibility index (Phi) is 4.89. The second-order valence-corrected chi connectivity index (χ2v) is 7.48. The lowest BCUT2D eigenvalue weighted by atomic mass is 9.94. The molecule has 1 amide bonds. The summed E-state index contributed by atoms with van der Waals surface area (Å²) >= 11 is 0. The van der Waals surface area contributed by atoms with Gasteiger partial charge < -0.3 is 9.47 Å². The Hall–Kier alpha value is -2.40. The summed E-state index contributed by atoms with van der Waals surface area (Å²) in [6.45, 7) is 3.71. The summed E-state index contributed by atoms with van der Waals surface area (Å²) in [7, 11) is 0. The zero-order valence-corrected chi connectivity index (χ0v) is 15.0. The highest BCUT2D eigenvalue weighted by Crippen LogP contribution is 2.29. The van der Waals surface area contributed by atoms with Gasteiger partial charge >= 0.3 is 0 Å². The lowest BCUT2D eigenvalue weighted by Crippen LogP contribution is -2.44. The normalized spacial score (nSPS) is 23.0. The van der Waals surface area contributed by atoms with Crippen molar-refractivity contribution in [3.05, 3.63) is 70.6 Å². The van der Waals surface area contributed by atoms with E-state index in [2.05, 4.69) is 29.2 Å². The van der Waals surface area contributed by atoms with Crippen molar-refractivity contribution in [2.24, 2.45) is 5.92 Å². The fraction of sp³-hybridized carbons (Fsp3) is 0.429. The van der Waals surface area contributed by atoms with E-state index in [0.717, 1.165) is 32.6 Å². The Labute approximate surface area is 153 Å². The molecule has 4 heterocycles. The van der Waals surface area contributed by atoms with Gasteiger partial charge in [-0.1, -0.05) is 36.4 Å². The number of aromatic nitrogens is 1. The van der Waals surface area contributed by atoms with Crippen LogP contribution in [0.3, 0.4) is 0 Å². The highest BCUT2D eigenvalue weighted by Gasteiger charge is 2.36. The van der Waals surface area contributed by atoms with Crippen LogP contribution in [0.5, 0.6) is 0 Å². The molecule has 3 aliphatic heterocycles. The third-order valence-electron chi connectivity index (χ3n) is 5.61. The average Bonchev–Trinajstić information content (AvgIpc) is 2.96. The minimum absolute atomic E-state index is 0.0526. The fourth-order valence-electron chi connectivity index (χ4n) is 4.23. The van der Waals surface area contributed by atoms with Crippen LogP contribution in [0, 0.1) is 5.92 Å². The first kappa shape index (κ1) is 17.0. The summed E-state index contributed by atoms with van der Waals surface area (Å²) in [5, 5.41) is 0. The molecular formula is C21H25N3O2. The number of fused-ring (bicyclic) bond motifs is 4. The van der Waals surface area contributed by atoms with Gasteiger partial charge in [-0.05, 0) is 30.4 Å². The molecule has 2 aromatic rings. The summed E-state index contributed by atoms with van der Waals surface area (Å²) in [4.78, 5) is 29.2. The molecular weight excluding hydrogens is 326 g/mol. The van der Waals surface area contributed by atoms with Gasteiger partial charge in [-0.25, -0.2) is 0 Å². The molecule has 3 aliphatic rings. The predicted molar refractivity (Wildman–Crippen MR) is 101 cm³/mol. The monoisotopic (exact) mass is 351 g/mol. The van der Waals surface area contributed by atoms with Crippen LogP contribution in [0.25, 0.3) is 0 Å². The Morgan fingerprint density at radius 2 is 1.77 bits per heavy atom. The molecule has 2 atom stereocenters. The van der Waals surface area contributed by atoms with E-state index in [1.54, 1.807) is 18.3 Å². The topological polar surface area (TPSA) is 45.6 Å². The molecule has 0 aliphatic carbocycles. The van der Waals surface area contributed by atoms with Crippen LogP contribution in [-0.4, -0.2) is 46.0 Å². The van der Waals surface area contributed by atoms with Crippen LogP contribution in [0.15, 0.2) is 59.5 Å². The molecule has 26 heavy (non-hydrogen) atoms. The second-order valence-electron chi connectivity index (χ2n) is 7.48. The predicted octanol–water partition coefficient (Wildman–Crippen LogP) is 1.97. The number of pyridine rings is 1. The van der Waals surface area contributed by atoms with Crippen LogP contribution >= 0.6 is 0 Å². The van der Waals surface area contributed by atoms with Crippen molar-refractivity contribution in [1.29, 1.82) is 0 Å². The van der Waals surface area contributed by atoms with Crippen LogP contribution in [0.1, 0.15) is 18.4 Å². The average molecular weight is 351 g/mol. The molecule has 5 nitrogen and oxygen atoms in total. The van der Waals surface area contributed by atoms with Gasteiger partial charge in [-0.2, -0.15) is 0 Å². The second kappa shape index (κ2) is 7.46. The number of nitrogens with zero attached hydrogens (tertiary/aromatic N) is 3. The third-order valence-corrected chi connectivity index (χ3v) is 5.61. The largest absolute Gasteiger partial charge is 0.339 e. The molecule has 0 saturated carbocycles. The van der Waals surface area contributed by atoms with Crippen LogP contribution in [0.4, 0.5) is 0 Å². The highest BCUT2D eigenvalue weighted by molar-refractivity contribution is 5.76. The quantitative estimate of drug-likeness (QED) is 0.846. The van der Waals surface area contributed by atoms with E-state index in [0.29, 0.717) is 12.0 Å². The number of hydrogen-bond acceptors (Lipinski definition) is 3. The van der Waals surface area contributed by atoms with Crippen LogP contribution in [0.2, 0.25) is 0 Å². The molecule has 2 bridgehead atoms. The van der Waals surface area contributed by atoms with Crippen molar-refractivity contribution in [2.45, 2.75) is 32.0 Å². The lowest BCUT2D eigenvalue weighted by molar-refractivity contribution is -0.132. The van der Waals surface area contributed by atoms with Gasteiger partial charge in [0, 0.05) is 44.5 Å². The first-order valence-electron chi connectivity index (χ1n) is 9.40. The maximum atomic E-state index is 12.8. The molecule has 5 heteroatoms. The van der Waals surface area contributed by atoms with Gasteiger partial charge in [0.05, 0.1) is 0 Å². The van der Waals surface area contributed by atoms with Crippen molar-refractivity contribution in [3.63, 3.8) is 0 Å². The van der Waals surface area contributed by atoms with Crippen molar-refractivity contribution in [1.82, 2.24) is 14.4 Å². The number of carbonyl (C=O) groups is 1. The molecule has 0 N–H and O–H groups in total. The summed E-state index contributed by atoms with van der Waals surface area (Å²) in [6, 6.07) is 16.0. The van der Waals surface area contributed by atoms with Gasteiger partial charge in [0.25, 0.3) is 5.56 Å². The summed E-state index contributed by atoms with van der Waals surface area (Å²) in [5.74, 6) is 0.575. The summed E-state index contributed by atoms with van der Waals surface area (Å²) in [6.07, 6.45) is 4.02. The zero-order chi connectivity index (χ0) is 17.9. The van der Waals surface area contributed by atoms with Gasteiger partial charge in [0.15, 0.2) is 0 Å². The number of rotatable bonds is 4. The minimum atomic E-state index is -0.121. The van der Waals surface area contributed by atoms with Crippen molar-refractivity contribution in [3.8, 4) is 0 Å². The SMILES string of the molecule is O=C(Cn1ccccc1=O)N1C[C@H]2CC[C@@H](C1)N(Cc1ccccc1)C2. The van der Waals surface area contributed by atoms with E-state index in [4.69, 9.17) is 0 Å². The molecule has 0 spiro atoms. The maximum absolute atomic E-state index is 12.8. The smallest absolute Gasteiger partial charge is 0.250 e. The van der Waals surface area contributed by atoms with Crippen molar-refractivity contribution in [2.75, 3.05) is 19.6 Å². The first-order valence-corrected chi connectivity index (χ1v) is 9.40. The highest BCUT2D eigenvalue weighted by atomic mass is 16.2. The zero-order valence-electron chi connectivity index (χ0n) is 15.0. The van der Waals surface area contributed by atoms with E-state index in [1.165, 1.54) is 22.6 Å². The first-order chi connectivity index (χ1) is 12.7. The lowest BCUT2D eigenvalue weighted by Gasteiger charge is -2.36. The van der Waals surface area contributed by atoms with Gasteiger partial charge in [-0.15, -0.1) is 0 Å². The van der Waals surface area contributed by atoms with Gasteiger partial charge in [-0.3, -0.25) is 14.5 Å². The molecule has 3 fully saturated rings. The van der Waals surface area contributed by atoms with Crippen LogP contribution < -0.4 is 5.56 Å². The molecule has 0 radical (unpaired) electrons. The molecule has 136 valence electrons. The number of hydrogen-bond donors (Lipinski definition) is 0. The van der Waals surface area contributed by atoms with E-state index in [9.17, 15) is 9.59 Å². The van der Waals surface area contributed by atoms with Crippen molar-refractivity contribution >= 4 is 5.91 Å².